The quantitative estimate of drug-likeness (QED) is 0.743. The fourth-order valence-corrected chi connectivity index (χ4v) is 1.81. The topological polar surface area (TPSA) is 33.1 Å². The average molecular weight is 201 g/mol. The van der Waals surface area contributed by atoms with Crippen molar-refractivity contribution in [3.05, 3.63) is 41.5 Å². The van der Waals surface area contributed by atoms with E-state index in [1.807, 2.05) is 51.1 Å². The van der Waals surface area contributed by atoms with Crippen molar-refractivity contribution in [2.45, 2.75) is 26.4 Å². The van der Waals surface area contributed by atoms with Crippen LogP contribution in [0.2, 0.25) is 0 Å². The summed E-state index contributed by atoms with van der Waals surface area (Å²) in [6, 6.07) is 9.96. The van der Waals surface area contributed by atoms with Gasteiger partial charge in [0, 0.05) is 5.57 Å². The van der Waals surface area contributed by atoms with Gasteiger partial charge < -0.3 is 4.74 Å². The third-order valence-corrected chi connectivity index (χ3v) is 2.92. The molecule has 0 unspecified atom stereocenters. The summed E-state index contributed by atoms with van der Waals surface area (Å²) < 4.78 is 5.54. The maximum absolute atomic E-state index is 7.85. The summed E-state index contributed by atoms with van der Waals surface area (Å²) in [5, 5.41) is 7.85. The maximum atomic E-state index is 7.85. The number of ether oxygens (including phenoxy) is 1. The van der Waals surface area contributed by atoms with Crippen LogP contribution in [0.4, 0.5) is 0 Å². The van der Waals surface area contributed by atoms with Crippen LogP contribution in [0.15, 0.2) is 35.9 Å². The number of nitrogens with one attached hydrogen (secondary N) is 1. The second kappa shape index (κ2) is 3.23. The van der Waals surface area contributed by atoms with Gasteiger partial charge in [-0.25, -0.2) is 0 Å². The normalized spacial score (nSPS) is 19.3. The first-order valence-electron chi connectivity index (χ1n) is 5.07. The van der Waals surface area contributed by atoms with E-state index in [0.29, 0.717) is 0 Å². The summed E-state index contributed by atoms with van der Waals surface area (Å²) in [4.78, 5) is 0. The monoisotopic (exact) mass is 201 g/mol. The van der Waals surface area contributed by atoms with Crippen LogP contribution < -0.4 is 0 Å². The molecular formula is C13H15NO. The lowest BCUT2D eigenvalue weighted by molar-refractivity contribution is 0.149. The lowest BCUT2D eigenvalue weighted by Crippen LogP contribution is -2.21. The molecule has 0 spiro atoms. The molecule has 2 rings (SSSR count). The van der Waals surface area contributed by atoms with Crippen molar-refractivity contribution in [3.63, 3.8) is 0 Å². The minimum Gasteiger partial charge on any atom is -0.467 e. The van der Waals surface area contributed by atoms with Crippen LogP contribution in [0.25, 0.3) is 5.57 Å². The zero-order valence-electron chi connectivity index (χ0n) is 9.29. The molecule has 1 N–H and O–H groups in total. The van der Waals surface area contributed by atoms with Gasteiger partial charge in [0.1, 0.15) is 5.60 Å². The van der Waals surface area contributed by atoms with E-state index in [1.165, 1.54) is 0 Å². The molecule has 15 heavy (non-hydrogen) atoms. The predicted molar refractivity (Wildman–Crippen MR) is 61.9 cm³/mol. The Morgan fingerprint density at radius 1 is 1.13 bits per heavy atom. The van der Waals surface area contributed by atoms with Gasteiger partial charge in [-0.1, -0.05) is 30.3 Å². The van der Waals surface area contributed by atoms with Gasteiger partial charge >= 0.3 is 0 Å². The van der Waals surface area contributed by atoms with E-state index in [-0.39, 0.29) is 11.5 Å². The van der Waals surface area contributed by atoms with Gasteiger partial charge in [-0.05, 0) is 31.9 Å². The second-order valence-corrected chi connectivity index (χ2v) is 4.31. The second-order valence-electron chi connectivity index (χ2n) is 4.31. The largest absolute Gasteiger partial charge is 0.467 e. The Morgan fingerprint density at radius 2 is 1.73 bits per heavy atom. The summed E-state index contributed by atoms with van der Waals surface area (Å²) in [5.41, 5.74) is 2.77. The van der Waals surface area contributed by atoms with Crippen molar-refractivity contribution >= 4 is 11.5 Å². The molecule has 1 aromatic carbocycles. The zero-order valence-corrected chi connectivity index (χ0v) is 9.29. The summed E-state index contributed by atoms with van der Waals surface area (Å²) in [7, 11) is 0. The van der Waals surface area contributed by atoms with Crippen LogP contribution in [0.5, 0.6) is 0 Å². The Labute approximate surface area is 90.1 Å². The molecular weight excluding hydrogens is 186 g/mol. The molecule has 0 fully saturated rings. The Morgan fingerprint density at radius 3 is 2.20 bits per heavy atom. The molecule has 0 aliphatic carbocycles. The summed E-state index contributed by atoms with van der Waals surface area (Å²) in [6.07, 6.45) is 0. The molecule has 0 amide bonds. The lowest BCUT2D eigenvalue weighted by atomic mass is 9.94. The van der Waals surface area contributed by atoms with Crippen LogP contribution >= 0.6 is 0 Å². The molecule has 0 bridgehead atoms. The highest BCUT2D eigenvalue weighted by Crippen LogP contribution is 2.37. The van der Waals surface area contributed by atoms with Gasteiger partial charge in [0.05, 0.1) is 0 Å². The molecule has 0 atom stereocenters. The van der Waals surface area contributed by atoms with E-state index >= 15 is 0 Å². The molecule has 0 radical (unpaired) electrons. The number of hydrogen-bond donors (Lipinski definition) is 1. The van der Waals surface area contributed by atoms with Crippen LogP contribution in [-0.4, -0.2) is 11.5 Å². The van der Waals surface area contributed by atoms with Gasteiger partial charge in [0.15, 0.2) is 0 Å². The van der Waals surface area contributed by atoms with Crippen molar-refractivity contribution in [1.82, 2.24) is 0 Å². The van der Waals surface area contributed by atoms with Crippen molar-refractivity contribution in [1.29, 1.82) is 5.41 Å². The number of hydrogen-bond acceptors (Lipinski definition) is 2. The summed E-state index contributed by atoms with van der Waals surface area (Å²) >= 11 is 0. The molecule has 1 aliphatic heterocycles. The first kappa shape index (κ1) is 9.97. The van der Waals surface area contributed by atoms with E-state index in [4.69, 9.17) is 10.1 Å². The van der Waals surface area contributed by atoms with Crippen molar-refractivity contribution < 1.29 is 4.74 Å². The van der Waals surface area contributed by atoms with Gasteiger partial charge in [-0.15, -0.1) is 0 Å². The minimum absolute atomic E-state index is 0.281. The van der Waals surface area contributed by atoms with E-state index in [1.54, 1.807) is 0 Å². The first-order valence-corrected chi connectivity index (χ1v) is 5.07. The van der Waals surface area contributed by atoms with Gasteiger partial charge in [-0.2, -0.15) is 0 Å². The molecule has 0 saturated heterocycles. The highest BCUT2D eigenvalue weighted by molar-refractivity contribution is 6.21. The van der Waals surface area contributed by atoms with Crippen molar-refractivity contribution in [2.75, 3.05) is 0 Å². The van der Waals surface area contributed by atoms with Crippen LogP contribution in [0, 0.1) is 5.41 Å². The molecule has 1 heterocycles. The lowest BCUT2D eigenvalue weighted by Gasteiger charge is -2.18. The first-order chi connectivity index (χ1) is 7.02. The van der Waals surface area contributed by atoms with Crippen LogP contribution in [0.3, 0.4) is 0 Å². The predicted octanol–water partition coefficient (Wildman–Crippen LogP) is 3.25. The van der Waals surface area contributed by atoms with Crippen LogP contribution in [0.1, 0.15) is 26.3 Å². The average Bonchev–Trinajstić information content (AvgIpc) is 2.38. The third kappa shape index (κ3) is 1.56. The van der Waals surface area contributed by atoms with E-state index < -0.39 is 0 Å². The Hall–Kier alpha value is -1.57. The Balaban J connectivity index is 2.54. The third-order valence-electron chi connectivity index (χ3n) is 2.92. The molecule has 2 heteroatoms. The van der Waals surface area contributed by atoms with Crippen molar-refractivity contribution in [3.8, 4) is 0 Å². The van der Waals surface area contributed by atoms with E-state index in [9.17, 15) is 0 Å². The Kier molecular flexibility index (Phi) is 2.14. The summed E-state index contributed by atoms with van der Waals surface area (Å²) in [5.74, 6) is 0.281. The molecule has 2 nitrogen and oxygen atoms in total. The van der Waals surface area contributed by atoms with Gasteiger partial charge in [0.2, 0.25) is 5.90 Å². The molecule has 0 saturated carbocycles. The molecule has 1 aliphatic rings. The molecule has 78 valence electrons. The number of rotatable bonds is 1. The van der Waals surface area contributed by atoms with E-state index in [0.717, 1.165) is 16.7 Å². The fourth-order valence-electron chi connectivity index (χ4n) is 1.81. The SMILES string of the molecule is CC1=C(c2ccccc2)C(=N)OC1(C)C. The Bertz CT molecular complexity index is 429. The highest BCUT2D eigenvalue weighted by atomic mass is 16.5. The number of benzene rings is 1. The summed E-state index contributed by atoms with van der Waals surface area (Å²) in [6.45, 7) is 6.02. The van der Waals surface area contributed by atoms with E-state index in [2.05, 4.69) is 0 Å². The highest BCUT2D eigenvalue weighted by Gasteiger charge is 2.35. The molecule has 0 aromatic heterocycles. The van der Waals surface area contributed by atoms with Crippen LogP contribution in [-0.2, 0) is 4.74 Å². The standard InChI is InChI=1S/C13H15NO/c1-9-11(10-7-5-4-6-8-10)12(14)15-13(9,2)3/h4-8,14H,1-3H3. The van der Waals surface area contributed by atoms with Gasteiger partial charge in [-0.3, -0.25) is 5.41 Å². The maximum Gasteiger partial charge on any atom is 0.214 e. The van der Waals surface area contributed by atoms with Gasteiger partial charge in [0.25, 0.3) is 0 Å². The zero-order chi connectivity index (χ0) is 11.1. The minimum atomic E-state index is -0.345. The smallest absolute Gasteiger partial charge is 0.214 e. The fraction of sp³-hybridized carbons (Fsp3) is 0.308. The molecule has 1 aromatic rings. The van der Waals surface area contributed by atoms with Crippen molar-refractivity contribution in [2.24, 2.45) is 0 Å².